The van der Waals surface area contributed by atoms with Crippen LogP contribution >= 0.6 is 0 Å². The number of hydrogen-bond donors (Lipinski definition) is 0. The highest BCUT2D eigenvalue weighted by Crippen LogP contribution is 2.60. The predicted octanol–water partition coefficient (Wildman–Crippen LogP) is 3.70. The number of nitrogens with zero attached hydrogens (tertiary/aromatic N) is 1. The van der Waals surface area contributed by atoms with Gasteiger partial charge in [0.05, 0.1) is 4.90 Å². The fourth-order valence-corrected chi connectivity index (χ4v) is 5.64. The first kappa shape index (κ1) is 15.2. The fraction of sp³-hybridized carbons (Fsp3) is 0.300. The van der Waals surface area contributed by atoms with Crippen LogP contribution in [0.2, 0.25) is 0 Å². The number of aryl methyl sites for hydroxylation is 1. The molecule has 0 radical (unpaired) electrons. The van der Waals surface area contributed by atoms with Crippen LogP contribution in [0.1, 0.15) is 17.7 Å². The molecule has 1 saturated carbocycles. The lowest BCUT2D eigenvalue weighted by molar-refractivity contribution is 0.410. The Morgan fingerprint density at radius 3 is 2.64 bits per heavy atom. The standard InChI is InChI=1S/C20H19NO3S/c1-14-6-8-17(9-7-14)25(22,23)21-12-16-11-20(16,13-21)19-10-15-4-2-3-5-18(15)24-19/h2-10,16H,11-13H2,1H3/t16-,20-/m0/s1. The number of benzene rings is 2. The van der Waals surface area contributed by atoms with Crippen LogP contribution in [0.5, 0.6) is 0 Å². The first-order valence-corrected chi connectivity index (χ1v) is 9.99. The van der Waals surface area contributed by atoms with Gasteiger partial charge in [-0.1, -0.05) is 35.9 Å². The minimum atomic E-state index is -3.44. The fourth-order valence-electron chi connectivity index (χ4n) is 4.09. The van der Waals surface area contributed by atoms with Crippen molar-refractivity contribution in [2.24, 2.45) is 5.92 Å². The molecule has 2 fully saturated rings. The third kappa shape index (κ3) is 2.19. The molecule has 0 unspecified atom stereocenters. The minimum Gasteiger partial charge on any atom is -0.460 e. The molecule has 0 bridgehead atoms. The van der Waals surface area contributed by atoms with Crippen molar-refractivity contribution in [3.05, 3.63) is 65.9 Å². The highest BCUT2D eigenvalue weighted by molar-refractivity contribution is 7.89. The zero-order valence-corrected chi connectivity index (χ0v) is 14.8. The smallest absolute Gasteiger partial charge is 0.243 e. The molecule has 2 heterocycles. The van der Waals surface area contributed by atoms with Gasteiger partial charge in [-0.05, 0) is 43.5 Å². The molecule has 1 aliphatic heterocycles. The summed E-state index contributed by atoms with van der Waals surface area (Å²) < 4.78 is 33.6. The molecule has 1 aromatic heterocycles. The summed E-state index contributed by atoms with van der Waals surface area (Å²) in [5.41, 5.74) is 1.79. The molecule has 5 rings (SSSR count). The summed E-state index contributed by atoms with van der Waals surface area (Å²) in [6, 6.07) is 17.1. The van der Waals surface area contributed by atoms with Crippen LogP contribution < -0.4 is 0 Å². The molecule has 3 aromatic rings. The summed E-state index contributed by atoms with van der Waals surface area (Å²) in [6.07, 6.45) is 1.01. The van der Waals surface area contributed by atoms with E-state index in [0.29, 0.717) is 23.9 Å². The van der Waals surface area contributed by atoms with Crippen LogP contribution in [0, 0.1) is 12.8 Å². The summed E-state index contributed by atoms with van der Waals surface area (Å²) in [7, 11) is -3.44. The number of piperidine rings is 1. The molecule has 2 atom stereocenters. The average molecular weight is 353 g/mol. The van der Waals surface area contributed by atoms with Crippen molar-refractivity contribution in [3.63, 3.8) is 0 Å². The van der Waals surface area contributed by atoms with E-state index in [4.69, 9.17) is 4.42 Å². The lowest BCUT2D eigenvalue weighted by atomic mass is 10.0. The summed E-state index contributed by atoms with van der Waals surface area (Å²) in [6.45, 7) is 3.04. The monoisotopic (exact) mass is 353 g/mol. The van der Waals surface area contributed by atoms with Crippen molar-refractivity contribution in [1.82, 2.24) is 4.31 Å². The van der Waals surface area contributed by atoms with Crippen molar-refractivity contribution < 1.29 is 12.8 Å². The zero-order chi connectivity index (χ0) is 17.2. The Labute approximate surface area is 147 Å². The minimum absolute atomic E-state index is 0.142. The van der Waals surface area contributed by atoms with Gasteiger partial charge >= 0.3 is 0 Å². The van der Waals surface area contributed by atoms with Gasteiger partial charge in [0.25, 0.3) is 0 Å². The van der Waals surface area contributed by atoms with Gasteiger partial charge in [0.1, 0.15) is 11.3 Å². The van der Waals surface area contributed by atoms with Gasteiger partial charge in [0.2, 0.25) is 10.0 Å². The maximum atomic E-state index is 13.0. The van der Waals surface area contributed by atoms with E-state index in [1.165, 1.54) is 0 Å². The maximum absolute atomic E-state index is 13.0. The number of para-hydroxylation sites is 1. The number of fused-ring (bicyclic) bond motifs is 2. The van der Waals surface area contributed by atoms with E-state index in [2.05, 4.69) is 6.07 Å². The van der Waals surface area contributed by atoms with Crippen molar-refractivity contribution in [1.29, 1.82) is 0 Å². The molecule has 2 aromatic carbocycles. The maximum Gasteiger partial charge on any atom is 0.243 e. The first-order chi connectivity index (χ1) is 12.0. The molecular weight excluding hydrogens is 334 g/mol. The van der Waals surface area contributed by atoms with Crippen molar-refractivity contribution in [2.45, 2.75) is 23.7 Å². The van der Waals surface area contributed by atoms with Gasteiger partial charge in [-0.3, -0.25) is 0 Å². The van der Waals surface area contributed by atoms with Crippen molar-refractivity contribution in [2.75, 3.05) is 13.1 Å². The molecule has 25 heavy (non-hydrogen) atoms. The van der Waals surface area contributed by atoms with Gasteiger partial charge in [-0.2, -0.15) is 4.31 Å². The topological polar surface area (TPSA) is 50.5 Å². The molecule has 0 spiro atoms. The largest absolute Gasteiger partial charge is 0.460 e. The quantitative estimate of drug-likeness (QED) is 0.721. The Bertz CT molecular complexity index is 1030. The highest BCUT2D eigenvalue weighted by Gasteiger charge is 2.64. The summed E-state index contributed by atoms with van der Waals surface area (Å²) in [5.74, 6) is 1.29. The lowest BCUT2D eigenvalue weighted by Gasteiger charge is -2.20. The second-order valence-electron chi connectivity index (χ2n) is 7.32. The Morgan fingerprint density at radius 1 is 1.12 bits per heavy atom. The van der Waals surface area contributed by atoms with Gasteiger partial charge in [-0.15, -0.1) is 0 Å². The SMILES string of the molecule is Cc1ccc(S(=O)(=O)N2C[C@@H]3C[C@]3(c3cc4ccccc4o3)C2)cc1. The van der Waals surface area contributed by atoms with Crippen LogP contribution in [-0.2, 0) is 15.4 Å². The Morgan fingerprint density at radius 2 is 1.88 bits per heavy atom. The summed E-state index contributed by atoms with van der Waals surface area (Å²) in [5, 5.41) is 1.08. The Kier molecular flexibility index (Phi) is 3.01. The van der Waals surface area contributed by atoms with Gasteiger partial charge < -0.3 is 4.42 Å². The molecular formula is C20H19NO3S. The van der Waals surface area contributed by atoms with Gasteiger partial charge in [0, 0.05) is 23.9 Å². The van der Waals surface area contributed by atoms with Crippen LogP contribution in [0.3, 0.4) is 0 Å². The van der Waals surface area contributed by atoms with E-state index in [0.717, 1.165) is 28.7 Å². The molecule has 128 valence electrons. The number of furan rings is 1. The van der Waals surface area contributed by atoms with Crippen LogP contribution in [0.25, 0.3) is 11.0 Å². The van der Waals surface area contributed by atoms with E-state index in [9.17, 15) is 8.42 Å². The van der Waals surface area contributed by atoms with Crippen molar-refractivity contribution in [3.8, 4) is 0 Å². The second-order valence-corrected chi connectivity index (χ2v) is 9.25. The average Bonchev–Trinajstić information content (AvgIpc) is 2.97. The highest BCUT2D eigenvalue weighted by atomic mass is 32.2. The number of sulfonamides is 1. The number of rotatable bonds is 3. The van der Waals surface area contributed by atoms with E-state index in [1.807, 2.05) is 43.3 Å². The van der Waals surface area contributed by atoms with Crippen LogP contribution in [0.15, 0.2) is 63.9 Å². The molecule has 1 aliphatic carbocycles. The normalized spacial score (nSPS) is 26.0. The molecule has 4 nitrogen and oxygen atoms in total. The van der Waals surface area contributed by atoms with Gasteiger partial charge in [0.15, 0.2) is 0 Å². The van der Waals surface area contributed by atoms with E-state index in [-0.39, 0.29) is 5.41 Å². The third-order valence-electron chi connectivity index (χ3n) is 5.69. The summed E-state index contributed by atoms with van der Waals surface area (Å²) in [4.78, 5) is 0.374. The molecule has 2 aliphatic rings. The van der Waals surface area contributed by atoms with E-state index >= 15 is 0 Å². The first-order valence-electron chi connectivity index (χ1n) is 8.55. The van der Waals surface area contributed by atoms with Crippen molar-refractivity contribution >= 4 is 21.0 Å². The third-order valence-corrected chi connectivity index (χ3v) is 7.52. The molecule has 0 amide bonds. The molecule has 1 saturated heterocycles. The van der Waals surface area contributed by atoms with Crippen LogP contribution in [-0.4, -0.2) is 25.8 Å². The van der Waals surface area contributed by atoms with Gasteiger partial charge in [-0.25, -0.2) is 8.42 Å². The number of hydrogen-bond acceptors (Lipinski definition) is 3. The molecule has 5 heteroatoms. The second kappa shape index (κ2) is 4.96. The Hall–Kier alpha value is -2.11. The van der Waals surface area contributed by atoms with E-state index in [1.54, 1.807) is 16.4 Å². The summed E-state index contributed by atoms with van der Waals surface area (Å²) >= 11 is 0. The lowest BCUT2D eigenvalue weighted by Crippen LogP contribution is -2.32. The van der Waals surface area contributed by atoms with Crippen LogP contribution in [0.4, 0.5) is 0 Å². The predicted molar refractivity (Wildman–Crippen MR) is 95.9 cm³/mol. The molecule has 0 N–H and O–H groups in total. The van der Waals surface area contributed by atoms with E-state index < -0.39 is 10.0 Å². The Balaban J connectivity index is 1.47. The zero-order valence-electron chi connectivity index (χ0n) is 14.0.